The number of ether oxygens (including phenoxy) is 1. The van der Waals surface area contributed by atoms with E-state index in [1.807, 2.05) is 6.07 Å². The van der Waals surface area contributed by atoms with E-state index in [9.17, 15) is 14.0 Å². The van der Waals surface area contributed by atoms with Crippen molar-refractivity contribution >= 4 is 22.5 Å². The lowest BCUT2D eigenvalue weighted by Crippen LogP contribution is -2.25. The van der Waals surface area contributed by atoms with E-state index in [2.05, 4.69) is 15.2 Å². The molecule has 3 aromatic rings. The van der Waals surface area contributed by atoms with Crippen LogP contribution in [0.5, 0.6) is 5.75 Å². The van der Waals surface area contributed by atoms with Crippen LogP contribution in [0.25, 0.3) is 10.9 Å². The molecule has 4 rings (SSSR count). The van der Waals surface area contributed by atoms with Crippen LogP contribution in [0.1, 0.15) is 23.2 Å². The maximum atomic E-state index is 13.5. The maximum Gasteiger partial charge on any atom is 0.256 e. The average molecular weight is 395 g/mol. The number of nitrogens with one attached hydrogen (secondary N) is 2. The quantitative estimate of drug-likeness (QED) is 0.671. The minimum Gasteiger partial charge on any atom is -0.492 e. The smallest absolute Gasteiger partial charge is 0.256 e. The van der Waals surface area contributed by atoms with E-state index in [1.165, 1.54) is 37.1 Å². The van der Waals surface area contributed by atoms with Gasteiger partial charge in [0.25, 0.3) is 5.91 Å². The van der Waals surface area contributed by atoms with Crippen LogP contribution in [0.4, 0.5) is 10.1 Å². The summed E-state index contributed by atoms with van der Waals surface area (Å²) in [6.07, 6.45) is 2.48. The number of pyridine rings is 1. The van der Waals surface area contributed by atoms with Crippen molar-refractivity contribution in [1.29, 1.82) is 0 Å². The summed E-state index contributed by atoms with van der Waals surface area (Å²) in [5.41, 5.74) is 0.558. The van der Waals surface area contributed by atoms with Crippen molar-refractivity contribution in [2.45, 2.75) is 12.8 Å². The second kappa shape index (κ2) is 8.45. The number of fused-ring (bicyclic) bond motifs is 1. The van der Waals surface area contributed by atoms with E-state index in [0.717, 1.165) is 19.6 Å². The third-order valence-electron chi connectivity index (χ3n) is 5.02. The van der Waals surface area contributed by atoms with Crippen molar-refractivity contribution in [3.63, 3.8) is 0 Å². The van der Waals surface area contributed by atoms with Crippen LogP contribution in [0.2, 0.25) is 0 Å². The Labute approximate surface area is 167 Å². The molecule has 1 saturated heterocycles. The maximum absolute atomic E-state index is 13.5. The largest absolute Gasteiger partial charge is 0.492 e. The number of hydrogen-bond donors (Lipinski definition) is 2. The molecule has 0 atom stereocenters. The lowest BCUT2D eigenvalue weighted by molar-refractivity contribution is 0.102. The number of halogens is 1. The molecule has 0 spiro atoms. The van der Waals surface area contributed by atoms with Crippen LogP contribution in [0, 0.1) is 5.82 Å². The first kappa shape index (κ1) is 19.1. The van der Waals surface area contributed by atoms with Gasteiger partial charge in [0, 0.05) is 29.8 Å². The Morgan fingerprint density at radius 1 is 1.14 bits per heavy atom. The number of benzene rings is 2. The first-order valence-electron chi connectivity index (χ1n) is 9.68. The van der Waals surface area contributed by atoms with Crippen LogP contribution < -0.4 is 15.6 Å². The summed E-state index contributed by atoms with van der Waals surface area (Å²) < 4.78 is 19.3. The SMILES string of the molecule is O=C(Nc1cccc(OCCN2CCCC2)c1)c1cc(=O)[nH]c2cc(F)ccc12. The number of aromatic nitrogens is 1. The summed E-state index contributed by atoms with van der Waals surface area (Å²) >= 11 is 0. The number of amides is 1. The summed E-state index contributed by atoms with van der Waals surface area (Å²) in [5.74, 6) is -0.258. The number of likely N-dealkylation sites (tertiary alicyclic amines) is 1. The number of nitrogens with zero attached hydrogens (tertiary/aromatic N) is 1. The fraction of sp³-hybridized carbons (Fsp3) is 0.273. The van der Waals surface area contributed by atoms with E-state index < -0.39 is 17.3 Å². The lowest BCUT2D eigenvalue weighted by Gasteiger charge is -2.15. The Balaban J connectivity index is 1.47. The van der Waals surface area contributed by atoms with Crippen molar-refractivity contribution in [3.05, 3.63) is 70.3 Å². The Bertz CT molecular complexity index is 1090. The third-order valence-corrected chi connectivity index (χ3v) is 5.02. The van der Waals surface area contributed by atoms with Gasteiger partial charge in [-0.25, -0.2) is 4.39 Å². The molecule has 0 bridgehead atoms. The molecular weight excluding hydrogens is 373 g/mol. The van der Waals surface area contributed by atoms with E-state index in [0.29, 0.717) is 23.4 Å². The van der Waals surface area contributed by atoms with Crippen LogP contribution in [0.15, 0.2) is 53.3 Å². The molecule has 1 aromatic heterocycles. The second-order valence-electron chi connectivity index (χ2n) is 7.12. The highest BCUT2D eigenvalue weighted by atomic mass is 19.1. The molecular formula is C22H22FN3O3. The topological polar surface area (TPSA) is 74.4 Å². The third kappa shape index (κ3) is 4.63. The van der Waals surface area contributed by atoms with Crippen LogP contribution in [0.3, 0.4) is 0 Å². The molecule has 0 unspecified atom stereocenters. The van der Waals surface area contributed by atoms with E-state index in [1.54, 1.807) is 18.2 Å². The molecule has 1 aliphatic heterocycles. The van der Waals surface area contributed by atoms with Gasteiger partial charge in [0.2, 0.25) is 5.56 Å². The Hall–Kier alpha value is -3.19. The van der Waals surface area contributed by atoms with Crippen LogP contribution in [-0.2, 0) is 0 Å². The number of H-pyrrole nitrogens is 1. The van der Waals surface area contributed by atoms with Crippen LogP contribution >= 0.6 is 0 Å². The van der Waals surface area contributed by atoms with Gasteiger partial charge < -0.3 is 15.0 Å². The monoisotopic (exact) mass is 395 g/mol. The van der Waals surface area contributed by atoms with Crippen molar-refractivity contribution in [2.75, 3.05) is 31.6 Å². The van der Waals surface area contributed by atoms with Gasteiger partial charge in [-0.1, -0.05) is 6.07 Å². The summed E-state index contributed by atoms with van der Waals surface area (Å²) in [6.45, 7) is 3.70. The molecule has 1 fully saturated rings. The van der Waals surface area contributed by atoms with Gasteiger partial charge in [0.05, 0.1) is 11.1 Å². The predicted molar refractivity (Wildman–Crippen MR) is 110 cm³/mol. The zero-order valence-corrected chi connectivity index (χ0v) is 15.9. The minimum absolute atomic E-state index is 0.184. The van der Waals surface area contributed by atoms with Gasteiger partial charge in [-0.05, 0) is 56.3 Å². The molecule has 1 amide bonds. The normalized spacial score (nSPS) is 14.2. The highest BCUT2D eigenvalue weighted by Crippen LogP contribution is 2.21. The molecule has 2 heterocycles. The standard InChI is InChI=1S/C22H22FN3O3/c23-15-6-7-18-19(14-21(27)25-20(18)12-15)22(28)24-16-4-3-5-17(13-16)29-11-10-26-8-1-2-9-26/h3-7,12-14H,1-2,8-11H2,(H,24,28)(H,25,27). The predicted octanol–water partition coefficient (Wildman–Crippen LogP) is 3.39. The number of hydrogen-bond acceptors (Lipinski definition) is 4. The number of carbonyl (C=O) groups excluding carboxylic acids is 1. The summed E-state index contributed by atoms with van der Waals surface area (Å²) in [7, 11) is 0. The van der Waals surface area contributed by atoms with E-state index in [-0.39, 0.29) is 11.1 Å². The van der Waals surface area contributed by atoms with Gasteiger partial charge in [-0.15, -0.1) is 0 Å². The number of rotatable bonds is 6. The van der Waals surface area contributed by atoms with Crippen molar-refractivity contribution in [3.8, 4) is 5.75 Å². The van der Waals surface area contributed by atoms with Gasteiger partial charge in [-0.3, -0.25) is 14.5 Å². The van der Waals surface area contributed by atoms with Crippen LogP contribution in [-0.4, -0.2) is 42.0 Å². The molecule has 6 nitrogen and oxygen atoms in total. The van der Waals surface area contributed by atoms with Crippen molar-refractivity contribution in [1.82, 2.24) is 9.88 Å². The minimum atomic E-state index is -0.482. The summed E-state index contributed by atoms with van der Waals surface area (Å²) in [4.78, 5) is 29.5. The van der Waals surface area contributed by atoms with Gasteiger partial charge >= 0.3 is 0 Å². The molecule has 2 aromatic carbocycles. The zero-order valence-electron chi connectivity index (χ0n) is 15.9. The van der Waals surface area contributed by atoms with Gasteiger partial charge in [0.1, 0.15) is 18.2 Å². The summed E-state index contributed by atoms with van der Waals surface area (Å²) in [5, 5.41) is 3.26. The number of anilines is 1. The number of aromatic amines is 1. The zero-order chi connectivity index (χ0) is 20.2. The van der Waals surface area contributed by atoms with Crippen molar-refractivity contribution in [2.24, 2.45) is 0 Å². The molecule has 150 valence electrons. The van der Waals surface area contributed by atoms with E-state index >= 15 is 0 Å². The lowest BCUT2D eigenvalue weighted by atomic mass is 10.1. The molecule has 7 heteroatoms. The average Bonchev–Trinajstić information content (AvgIpc) is 3.21. The molecule has 29 heavy (non-hydrogen) atoms. The number of carbonyl (C=O) groups is 1. The summed E-state index contributed by atoms with van der Waals surface area (Å²) in [6, 6.07) is 12.3. The first-order valence-corrected chi connectivity index (χ1v) is 9.68. The molecule has 0 aliphatic carbocycles. The molecule has 0 radical (unpaired) electrons. The Kier molecular flexibility index (Phi) is 5.57. The fourth-order valence-electron chi connectivity index (χ4n) is 3.58. The highest BCUT2D eigenvalue weighted by Gasteiger charge is 2.14. The molecule has 1 aliphatic rings. The molecule has 2 N–H and O–H groups in total. The van der Waals surface area contributed by atoms with Gasteiger partial charge in [-0.2, -0.15) is 0 Å². The van der Waals surface area contributed by atoms with Crippen molar-refractivity contribution < 1.29 is 13.9 Å². The highest BCUT2D eigenvalue weighted by molar-refractivity contribution is 6.12. The fourth-order valence-corrected chi connectivity index (χ4v) is 3.58. The van der Waals surface area contributed by atoms with E-state index in [4.69, 9.17) is 4.74 Å². The Morgan fingerprint density at radius 3 is 2.79 bits per heavy atom. The first-order chi connectivity index (χ1) is 14.1. The second-order valence-corrected chi connectivity index (χ2v) is 7.12. The molecule has 0 saturated carbocycles. The Morgan fingerprint density at radius 2 is 1.97 bits per heavy atom. The van der Waals surface area contributed by atoms with Gasteiger partial charge in [0.15, 0.2) is 0 Å².